The molecule has 12 heavy (non-hydrogen) atoms. The lowest BCUT2D eigenvalue weighted by Gasteiger charge is -2.32. The SMILES string of the molecule is CC(=O)NN(C(C)=O)[Si](C)(C)C. The fraction of sp³-hybridized carbons (Fsp3) is 0.714. The maximum atomic E-state index is 11.1. The molecule has 0 saturated heterocycles. The Morgan fingerprint density at radius 1 is 1.17 bits per heavy atom. The van der Waals surface area contributed by atoms with Crippen molar-refractivity contribution in [1.82, 2.24) is 10.1 Å². The lowest BCUT2D eigenvalue weighted by atomic mass is 10.7. The molecule has 0 rings (SSSR count). The van der Waals surface area contributed by atoms with Gasteiger partial charge in [-0.1, -0.05) is 0 Å². The van der Waals surface area contributed by atoms with Crippen molar-refractivity contribution in [3.8, 4) is 0 Å². The number of carbonyl (C=O) groups excluding carboxylic acids is 2. The largest absolute Gasteiger partial charge is 0.286 e. The second-order valence-corrected chi connectivity index (χ2v) is 8.48. The molecule has 0 atom stereocenters. The summed E-state index contributed by atoms with van der Waals surface area (Å²) in [5.41, 5.74) is 2.53. The molecular formula is C7H16N2O2Si. The monoisotopic (exact) mass is 188 g/mol. The van der Waals surface area contributed by atoms with Gasteiger partial charge >= 0.3 is 0 Å². The molecule has 70 valence electrons. The van der Waals surface area contributed by atoms with Gasteiger partial charge in [0.25, 0.3) is 0 Å². The standard InChI is InChI=1S/C7H16N2O2Si/c1-6(10)8-9(7(2)11)12(3,4)5/h1-5H3,(H,8,10). The molecule has 1 N–H and O–H groups in total. The minimum atomic E-state index is -1.76. The maximum absolute atomic E-state index is 11.1. The topological polar surface area (TPSA) is 49.4 Å². The lowest BCUT2D eigenvalue weighted by molar-refractivity contribution is -0.133. The van der Waals surface area contributed by atoms with Crippen molar-refractivity contribution in [3.63, 3.8) is 0 Å². The van der Waals surface area contributed by atoms with Crippen molar-refractivity contribution in [2.75, 3.05) is 0 Å². The van der Waals surface area contributed by atoms with E-state index in [2.05, 4.69) is 5.43 Å². The van der Waals surface area contributed by atoms with Crippen molar-refractivity contribution >= 4 is 20.0 Å². The molecule has 0 bridgehead atoms. The second kappa shape index (κ2) is 3.71. The first-order chi connectivity index (χ1) is 5.25. The minimum Gasteiger partial charge on any atom is -0.286 e. The summed E-state index contributed by atoms with van der Waals surface area (Å²) in [6.07, 6.45) is 0. The predicted octanol–water partition coefficient (Wildman–Crippen LogP) is 0.721. The second-order valence-electron chi connectivity index (χ2n) is 3.69. The van der Waals surface area contributed by atoms with Crippen LogP contribution in [0.1, 0.15) is 13.8 Å². The number of hydrazine groups is 1. The van der Waals surface area contributed by atoms with Gasteiger partial charge in [0, 0.05) is 13.8 Å². The highest BCUT2D eigenvalue weighted by molar-refractivity contribution is 6.75. The summed E-state index contributed by atoms with van der Waals surface area (Å²) in [6, 6.07) is 0. The van der Waals surface area contributed by atoms with Gasteiger partial charge in [0.15, 0.2) is 8.24 Å². The third kappa shape index (κ3) is 3.52. The van der Waals surface area contributed by atoms with E-state index in [0.717, 1.165) is 0 Å². The Morgan fingerprint density at radius 2 is 1.58 bits per heavy atom. The Kier molecular flexibility index (Phi) is 3.45. The summed E-state index contributed by atoms with van der Waals surface area (Å²) < 4.78 is 1.45. The van der Waals surface area contributed by atoms with Crippen LogP contribution < -0.4 is 5.43 Å². The van der Waals surface area contributed by atoms with E-state index in [1.54, 1.807) is 0 Å². The molecule has 0 heterocycles. The van der Waals surface area contributed by atoms with Crippen LogP contribution in [0.2, 0.25) is 19.6 Å². The number of hydrogen-bond acceptors (Lipinski definition) is 2. The van der Waals surface area contributed by atoms with Gasteiger partial charge in [-0.05, 0) is 19.6 Å². The molecule has 4 nitrogen and oxygen atoms in total. The van der Waals surface area contributed by atoms with E-state index in [-0.39, 0.29) is 11.8 Å². The van der Waals surface area contributed by atoms with E-state index in [1.807, 2.05) is 19.6 Å². The zero-order valence-corrected chi connectivity index (χ0v) is 9.26. The molecule has 0 aliphatic carbocycles. The lowest BCUT2D eigenvalue weighted by Crippen LogP contribution is -2.57. The highest BCUT2D eigenvalue weighted by atomic mass is 28.3. The Labute approximate surface area is 74.0 Å². The maximum Gasteiger partial charge on any atom is 0.234 e. The van der Waals surface area contributed by atoms with Crippen molar-refractivity contribution in [1.29, 1.82) is 0 Å². The van der Waals surface area contributed by atoms with Gasteiger partial charge in [-0.2, -0.15) is 0 Å². The summed E-state index contributed by atoms with van der Waals surface area (Å²) in [4.78, 5) is 21.8. The van der Waals surface area contributed by atoms with E-state index in [1.165, 1.54) is 18.5 Å². The normalized spacial score (nSPS) is 10.8. The fourth-order valence-corrected chi connectivity index (χ4v) is 2.31. The van der Waals surface area contributed by atoms with Crippen molar-refractivity contribution < 1.29 is 9.59 Å². The molecule has 0 spiro atoms. The van der Waals surface area contributed by atoms with Crippen LogP contribution in [0.3, 0.4) is 0 Å². The highest BCUT2D eigenvalue weighted by Gasteiger charge is 2.27. The van der Waals surface area contributed by atoms with Crippen molar-refractivity contribution in [2.24, 2.45) is 0 Å². The molecule has 0 unspecified atom stereocenters. The van der Waals surface area contributed by atoms with Gasteiger partial charge in [0.1, 0.15) is 0 Å². The van der Waals surface area contributed by atoms with Gasteiger partial charge in [0.2, 0.25) is 11.8 Å². The molecule has 0 radical (unpaired) electrons. The average molecular weight is 188 g/mol. The Hall–Kier alpha value is -0.843. The van der Waals surface area contributed by atoms with Gasteiger partial charge < -0.3 is 0 Å². The zero-order valence-electron chi connectivity index (χ0n) is 8.26. The molecule has 5 heteroatoms. The average Bonchev–Trinajstić information content (AvgIpc) is 1.79. The summed E-state index contributed by atoms with van der Waals surface area (Å²) >= 11 is 0. The molecule has 0 aromatic rings. The van der Waals surface area contributed by atoms with E-state index < -0.39 is 8.24 Å². The smallest absolute Gasteiger partial charge is 0.234 e. The number of nitrogens with one attached hydrogen (secondary N) is 1. The third-order valence-corrected chi connectivity index (χ3v) is 3.02. The molecule has 0 fully saturated rings. The van der Waals surface area contributed by atoms with E-state index in [9.17, 15) is 9.59 Å². The number of amides is 2. The number of nitrogens with zero attached hydrogens (tertiary/aromatic N) is 1. The van der Waals surface area contributed by atoms with Gasteiger partial charge in [-0.15, -0.1) is 0 Å². The molecule has 0 saturated carbocycles. The van der Waals surface area contributed by atoms with Crippen LogP contribution in [-0.2, 0) is 9.59 Å². The summed E-state index contributed by atoms with van der Waals surface area (Å²) in [7, 11) is -1.76. The van der Waals surface area contributed by atoms with Gasteiger partial charge in [-0.3, -0.25) is 19.7 Å². The molecule has 0 aromatic heterocycles. The predicted molar refractivity (Wildman–Crippen MR) is 49.7 cm³/mol. The van der Waals surface area contributed by atoms with Crippen molar-refractivity contribution in [2.45, 2.75) is 33.5 Å². The highest BCUT2D eigenvalue weighted by Crippen LogP contribution is 2.05. The summed E-state index contributed by atoms with van der Waals surface area (Å²) in [5, 5.41) is 0. The molecule has 0 aliphatic rings. The van der Waals surface area contributed by atoms with E-state index in [0.29, 0.717) is 0 Å². The summed E-state index contributed by atoms with van der Waals surface area (Å²) in [5.74, 6) is -0.308. The first-order valence-electron chi connectivity index (χ1n) is 3.83. The van der Waals surface area contributed by atoms with Gasteiger partial charge in [-0.25, -0.2) is 0 Å². The van der Waals surface area contributed by atoms with Crippen LogP contribution in [0.15, 0.2) is 0 Å². The number of carbonyl (C=O) groups is 2. The van der Waals surface area contributed by atoms with Crippen LogP contribution in [0.5, 0.6) is 0 Å². The van der Waals surface area contributed by atoms with E-state index in [4.69, 9.17) is 0 Å². The molecule has 0 aromatic carbocycles. The molecule has 2 amide bonds. The minimum absolute atomic E-state index is 0.107. The zero-order chi connectivity index (χ0) is 9.94. The fourth-order valence-electron chi connectivity index (χ4n) is 0.876. The van der Waals surface area contributed by atoms with Crippen molar-refractivity contribution in [3.05, 3.63) is 0 Å². The van der Waals surface area contributed by atoms with E-state index >= 15 is 0 Å². The van der Waals surface area contributed by atoms with Crippen LogP contribution in [0, 0.1) is 0 Å². The van der Waals surface area contributed by atoms with Gasteiger partial charge in [0.05, 0.1) is 0 Å². The first-order valence-corrected chi connectivity index (χ1v) is 7.28. The third-order valence-electron chi connectivity index (χ3n) is 1.25. The molecular weight excluding hydrogens is 172 g/mol. The van der Waals surface area contributed by atoms with Crippen LogP contribution in [0.25, 0.3) is 0 Å². The number of hydrogen-bond donors (Lipinski definition) is 1. The summed E-state index contributed by atoms with van der Waals surface area (Å²) in [6.45, 7) is 8.82. The Bertz CT molecular complexity index is 198. The number of rotatable bonds is 1. The Morgan fingerprint density at radius 3 is 1.67 bits per heavy atom. The van der Waals surface area contributed by atoms with Crippen LogP contribution in [-0.4, -0.2) is 24.7 Å². The van der Waals surface area contributed by atoms with Crippen LogP contribution >= 0.6 is 0 Å². The molecule has 0 aliphatic heterocycles. The first kappa shape index (κ1) is 11.2. The quantitative estimate of drug-likeness (QED) is 0.487. The van der Waals surface area contributed by atoms with Crippen LogP contribution in [0.4, 0.5) is 0 Å². The Balaban J connectivity index is 4.46.